The van der Waals surface area contributed by atoms with Crippen molar-refractivity contribution < 1.29 is 28.7 Å². The van der Waals surface area contributed by atoms with Gasteiger partial charge < -0.3 is 24.0 Å². The topological polar surface area (TPSA) is 29.7 Å². The van der Waals surface area contributed by atoms with Crippen LogP contribution in [0.4, 0.5) is 0 Å². The number of hydrogen-bond donors (Lipinski definition) is 0. The zero-order valence-electron chi connectivity index (χ0n) is 5.78. The maximum Gasteiger partial charge on any atom is 0.379 e. The predicted molar refractivity (Wildman–Crippen MR) is 35.0 cm³/mol. The van der Waals surface area contributed by atoms with Crippen LogP contribution in [0.15, 0.2) is 17.6 Å². The third-order valence-corrected chi connectivity index (χ3v) is 1.69. The zero-order chi connectivity index (χ0) is 6.69. The van der Waals surface area contributed by atoms with Crippen LogP contribution in [0.1, 0.15) is 0 Å². The standard InChI is InChI=1S/C5H8N3S.HI/c1-8-5(9-2)6-3-4-7-8;/h3-4H,1-2H3;1H/q+1;/p-1. The normalized spacial score (nSPS) is 8.60. The second kappa shape index (κ2) is 4.84. The second-order valence-corrected chi connectivity index (χ2v) is 2.33. The van der Waals surface area contributed by atoms with Gasteiger partial charge in [-0.05, 0) is 23.0 Å². The van der Waals surface area contributed by atoms with Crippen molar-refractivity contribution in [3.05, 3.63) is 12.4 Å². The molecule has 3 nitrogen and oxygen atoms in total. The van der Waals surface area contributed by atoms with Crippen LogP contribution in [0.5, 0.6) is 0 Å². The minimum atomic E-state index is 0. The van der Waals surface area contributed by atoms with E-state index in [0.29, 0.717) is 0 Å². The van der Waals surface area contributed by atoms with Gasteiger partial charge in [0, 0.05) is 0 Å². The summed E-state index contributed by atoms with van der Waals surface area (Å²) in [6, 6.07) is 0. The molecule has 1 aromatic rings. The van der Waals surface area contributed by atoms with Gasteiger partial charge in [0.15, 0.2) is 6.20 Å². The number of halogens is 1. The molecule has 0 radical (unpaired) electrons. The molecule has 0 unspecified atom stereocenters. The monoisotopic (exact) mass is 269 g/mol. The SMILES string of the molecule is CSc1nccn[n+]1C.[I-]. The molecule has 0 spiro atoms. The van der Waals surface area contributed by atoms with Gasteiger partial charge in [0.25, 0.3) is 0 Å². The fourth-order valence-electron chi connectivity index (χ4n) is 0.545. The highest BCUT2D eigenvalue weighted by atomic mass is 127. The summed E-state index contributed by atoms with van der Waals surface area (Å²) in [7, 11) is 1.87. The molecule has 0 aromatic carbocycles. The van der Waals surface area contributed by atoms with Gasteiger partial charge in [0.05, 0.1) is 0 Å². The molecule has 0 fully saturated rings. The Hall–Kier alpha value is 0.0900. The molecule has 1 heterocycles. The van der Waals surface area contributed by atoms with E-state index in [4.69, 9.17) is 0 Å². The highest BCUT2D eigenvalue weighted by molar-refractivity contribution is 7.98. The Labute approximate surface area is 81.3 Å². The first kappa shape index (κ1) is 10.1. The van der Waals surface area contributed by atoms with Gasteiger partial charge >= 0.3 is 5.16 Å². The summed E-state index contributed by atoms with van der Waals surface area (Å²) in [4.78, 5) is 4.06. The molecule has 0 amide bonds. The third-order valence-electron chi connectivity index (χ3n) is 0.951. The molecule has 1 aromatic heterocycles. The van der Waals surface area contributed by atoms with Crippen LogP contribution in [0, 0.1) is 0 Å². The van der Waals surface area contributed by atoms with E-state index in [-0.39, 0.29) is 24.0 Å². The number of thioether (sulfide) groups is 1. The smallest absolute Gasteiger partial charge is 0.379 e. The van der Waals surface area contributed by atoms with E-state index in [2.05, 4.69) is 10.1 Å². The molecule has 0 saturated carbocycles. The van der Waals surface area contributed by atoms with Crippen molar-refractivity contribution in [2.45, 2.75) is 5.16 Å². The molecule has 0 bridgehead atoms. The Kier molecular flexibility index (Phi) is 4.88. The Balaban J connectivity index is 0.000000810. The number of hydrogen-bond acceptors (Lipinski definition) is 3. The lowest BCUT2D eigenvalue weighted by molar-refractivity contribution is -0.769. The van der Waals surface area contributed by atoms with Crippen molar-refractivity contribution in [1.29, 1.82) is 0 Å². The van der Waals surface area contributed by atoms with Crippen LogP contribution in [0.2, 0.25) is 0 Å². The van der Waals surface area contributed by atoms with Crippen LogP contribution in [-0.2, 0) is 7.05 Å². The summed E-state index contributed by atoms with van der Waals surface area (Å²) in [5.74, 6) is 0. The lowest BCUT2D eigenvalue weighted by Gasteiger charge is -1.87. The molecule has 1 rings (SSSR count). The second-order valence-electron chi connectivity index (χ2n) is 1.55. The maximum absolute atomic E-state index is 4.06. The van der Waals surface area contributed by atoms with Crippen LogP contribution in [-0.4, -0.2) is 16.3 Å². The molecule has 10 heavy (non-hydrogen) atoms. The van der Waals surface area contributed by atoms with Gasteiger partial charge in [-0.1, -0.05) is 5.10 Å². The first-order chi connectivity index (χ1) is 4.34. The summed E-state index contributed by atoms with van der Waals surface area (Å²) < 4.78 is 1.74. The molecule has 0 atom stereocenters. The molecule has 56 valence electrons. The van der Waals surface area contributed by atoms with Gasteiger partial charge in [-0.3, -0.25) is 0 Å². The fourth-order valence-corrected chi connectivity index (χ4v) is 1.02. The molecule has 0 saturated heterocycles. The highest BCUT2D eigenvalue weighted by Gasteiger charge is 2.03. The lowest BCUT2D eigenvalue weighted by Crippen LogP contribution is -3.00. The molecular weight excluding hydrogens is 261 g/mol. The van der Waals surface area contributed by atoms with Gasteiger partial charge in [-0.2, -0.15) is 0 Å². The largest absolute Gasteiger partial charge is 1.00 e. The predicted octanol–water partition coefficient (Wildman–Crippen LogP) is -2.97. The third kappa shape index (κ3) is 2.37. The Bertz CT molecular complexity index is 206. The van der Waals surface area contributed by atoms with Crippen molar-refractivity contribution >= 4 is 11.8 Å². The van der Waals surface area contributed by atoms with Crippen LogP contribution in [0.3, 0.4) is 0 Å². The molecule has 0 aliphatic carbocycles. The summed E-state index contributed by atoms with van der Waals surface area (Å²) in [6.45, 7) is 0. The Morgan fingerprint density at radius 1 is 1.50 bits per heavy atom. The minimum absolute atomic E-state index is 0. The number of aryl methyl sites for hydroxylation is 1. The van der Waals surface area contributed by atoms with E-state index < -0.39 is 0 Å². The Morgan fingerprint density at radius 3 is 2.60 bits per heavy atom. The van der Waals surface area contributed by atoms with Crippen LogP contribution >= 0.6 is 11.8 Å². The van der Waals surface area contributed by atoms with Gasteiger partial charge in [-0.15, -0.1) is 4.68 Å². The van der Waals surface area contributed by atoms with Crippen molar-refractivity contribution in [1.82, 2.24) is 10.1 Å². The summed E-state index contributed by atoms with van der Waals surface area (Å²) in [6.07, 6.45) is 5.33. The average Bonchev–Trinajstić information content (AvgIpc) is 1.89. The Morgan fingerprint density at radius 2 is 2.20 bits per heavy atom. The molecule has 0 N–H and O–H groups in total. The maximum atomic E-state index is 4.06. The van der Waals surface area contributed by atoms with E-state index in [9.17, 15) is 0 Å². The molecule has 0 aliphatic rings. The molecule has 5 heteroatoms. The van der Waals surface area contributed by atoms with E-state index in [1.807, 2.05) is 13.3 Å². The summed E-state index contributed by atoms with van der Waals surface area (Å²) in [5, 5.41) is 4.91. The van der Waals surface area contributed by atoms with Gasteiger partial charge in [0.2, 0.25) is 0 Å². The van der Waals surface area contributed by atoms with E-state index >= 15 is 0 Å². The quantitative estimate of drug-likeness (QED) is 0.310. The van der Waals surface area contributed by atoms with Crippen molar-refractivity contribution in [3.63, 3.8) is 0 Å². The van der Waals surface area contributed by atoms with E-state index in [1.165, 1.54) is 0 Å². The highest BCUT2D eigenvalue weighted by Crippen LogP contribution is 2.00. The lowest BCUT2D eigenvalue weighted by atomic mass is 10.9. The van der Waals surface area contributed by atoms with E-state index in [1.54, 1.807) is 28.8 Å². The van der Waals surface area contributed by atoms with Crippen molar-refractivity contribution in [2.24, 2.45) is 7.05 Å². The first-order valence-electron chi connectivity index (χ1n) is 2.56. The number of aromatic nitrogens is 3. The average molecular weight is 269 g/mol. The van der Waals surface area contributed by atoms with Crippen molar-refractivity contribution in [3.8, 4) is 0 Å². The number of nitrogens with zero attached hydrogens (tertiary/aromatic N) is 3. The number of rotatable bonds is 1. The molecular formula is C5H8IN3S. The minimum Gasteiger partial charge on any atom is -1.00 e. The van der Waals surface area contributed by atoms with Gasteiger partial charge in [-0.25, -0.2) is 0 Å². The molecule has 0 aliphatic heterocycles. The van der Waals surface area contributed by atoms with E-state index in [0.717, 1.165) is 5.16 Å². The fraction of sp³-hybridized carbons (Fsp3) is 0.400. The zero-order valence-corrected chi connectivity index (χ0v) is 8.76. The summed E-state index contributed by atoms with van der Waals surface area (Å²) >= 11 is 1.58. The van der Waals surface area contributed by atoms with Gasteiger partial charge in [0.1, 0.15) is 13.2 Å². The van der Waals surface area contributed by atoms with Crippen LogP contribution < -0.4 is 28.7 Å². The summed E-state index contributed by atoms with van der Waals surface area (Å²) in [5.41, 5.74) is 0. The first-order valence-corrected chi connectivity index (χ1v) is 3.78. The van der Waals surface area contributed by atoms with Crippen LogP contribution in [0.25, 0.3) is 0 Å². The van der Waals surface area contributed by atoms with Crippen molar-refractivity contribution in [2.75, 3.05) is 6.26 Å².